The number of aliphatic hydroxyl groups excluding tert-OH is 1. The van der Waals surface area contributed by atoms with E-state index in [0.717, 1.165) is 0 Å². The van der Waals surface area contributed by atoms with Gasteiger partial charge >= 0.3 is 0 Å². The van der Waals surface area contributed by atoms with E-state index >= 15 is 0 Å². The van der Waals surface area contributed by atoms with Crippen molar-refractivity contribution in [2.24, 2.45) is 17.3 Å². The molecule has 0 aromatic carbocycles. The summed E-state index contributed by atoms with van der Waals surface area (Å²) in [7, 11) is 0. The van der Waals surface area contributed by atoms with Gasteiger partial charge in [0.05, 0.1) is 17.6 Å². The Labute approximate surface area is 99.6 Å². The average molecular weight is 229 g/mol. The fourth-order valence-corrected chi connectivity index (χ4v) is 1.67. The summed E-state index contributed by atoms with van der Waals surface area (Å²) in [6.07, 6.45) is 0. The van der Waals surface area contributed by atoms with Gasteiger partial charge in [-0.1, -0.05) is 34.6 Å². The first kappa shape index (κ1) is 15.4. The van der Waals surface area contributed by atoms with Crippen LogP contribution in [0.15, 0.2) is 0 Å². The normalized spacial score (nSPS) is 13.4. The number of carbonyl (C=O) groups is 1. The smallest absolute Gasteiger partial charge is 0.226 e. The predicted octanol–water partition coefficient (Wildman–Crippen LogP) is 2.19. The van der Waals surface area contributed by atoms with E-state index in [9.17, 15) is 9.90 Å². The van der Waals surface area contributed by atoms with Crippen molar-refractivity contribution in [2.75, 3.05) is 6.61 Å². The number of carbonyl (C=O) groups excluding carboxylic acids is 1. The van der Waals surface area contributed by atoms with E-state index in [0.29, 0.717) is 0 Å². The lowest BCUT2D eigenvalue weighted by atomic mass is 9.69. The molecule has 0 atom stereocenters. The third-order valence-electron chi connectivity index (χ3n) is 3.74. The summed E-state index contributed by atoms with van der Waals surface area (Å²) < 4.78 is 0. The molecule has 0 unspecified atom stereocenters. The fourth-order valence-electron chi connectivity index (χ4n) is 1.67. The van der Waals surface area contributed by atoms with E-state index < -0.39 is 11.0 Å². The molecule has 0 aromatic rings. The highest BCUT2D eigenvalue weighted by molar-refractivity contribution is 5.83. The van der Waals surface area contributed by atoms with Gasteiger partial charge in [0.2, 0.25) is 5.91 Å². The Morgan fingerprint density at radius 1 is 1.12 bits per heavy atom. The first-order valence-corrected chi connectivity index (χ1v) is 6.01. The largest absolute Gasteiger partial charge is 0.394 e. The molecule has 0 aliphatic rings. The van der Waals surface area contributed by atoms with Crippen LogP contribution >= 0.6 is 0 Å². The van der Waals surface area contributed by atoms with Gasteiger partial charge < -0.3 is 10.4 Å². The highest BCUT2D eigenvalue weighted by atomic mass is 16.3. The molecular weight excluding hydrogens is 202 g/mol. The van der Waals surface area contributed by atoms with E-state index in [2.05, 4.69) is 33.0 Å². The Balaban J connectivity index is 4.92. The van der Waals surface area contributed by atoms with Crippen molar-refractivity contribution in [2.45, 2.75) is 54.0 Å². The second kappa shape index (κ2) is 5.17. The molecule has 0 spiro atoms. The molecule has 0 aromatic heterocycles. The van der Waals surface area contributed by atoms with Crippen molar-refractivity contribution >= 4 is 5.91 Å². The second-order valence-electron chi connectivity index (χ2n) is 6.09. The third kappa shape index (κ3) is 3.21. The molecule has 16 heavy (non-hydrogen) atoms. The summed E-state index contributed by atoms with van der Waals surface area (Å²) in [4.78, 5) is 12.3. The van der Waals surface area contributed by atoms with Gasteiger partial charge in [-0.2, -0.15) is 0 Å². The molecule has 0 bridgehead atoms. The minimum absolute atomic E-state index is 0.0246. The molecule has 3 nitrogen and oxygen atoms in total. The van der Waals surface area contributed by atoms with Gasteiger partial charge in [-0.25, -0.2) is 0 Å². The molecule has 0 heterocycles. The zero-order valence-corrected chi connectivity index (χ0v) is 11.7. The van der Waals surface area contributed by atoms with Gasteiger partial charge in [0.1, 0.15) is 0 Å². The molecule has 0 fully saturated rings. The molecule has 0 radical (unpaired) electrons. The summed E-state index contributed by atoms with van der Waals surface area (Å²) >= 11 is 0. The SMILES string of the molecule is CC(C)C(C)(C(=O)NC(C)(C)CO)C(C)C. The molecule has 0 saturated carbocycles. The van der Waals surface area contributed by atoms with E-state index in [1.54, 1.807) is 0 Å². The minimum Gasteiger partial charge on any atom is -0.394 e. The van der Waals surface area contributed by atoms with Crippen LogP contribution in [-0.4, -0.2) is 23.2 Å². The predicted molar refractivity (Wildman–Crippen MR) is 67.1 cm³/mol. The zero-order valence-electron chi connectivity index (χ0n) is 11.7. The Kier molecular flexibility index (Phi) is 4.99. The summed E-state index contributed by atoms with van der Waals surface area (Å²) in [6, 6.07) is 0. The molecule has 1 amide bonds. The monoisotopic (exact) mass is 229 g/mol. The van der Waals surface area contributed by atoms with E-state index in [1.165, 1.54) is 0 Å². The minimum atomic E-state index is -0.553. The van der Waals surface area contributed by atoms with Crippen molar-refractivity contribution in [3.05, 3.63) is 0 Å². The fraction of sp³-hybridized carbons (Fsp3) is 0.923. The highest BCUT2D eigenvalue weighted by Crippen LogP contribution is 2.36. The van der Waals surface area contributed by atoms with Gasteiger partial charge in [0.25, 0.3) is 0 Å². The van der Waals surface area contributed by atoms with Crippen molar-refractivity contribution in [3.8, 4) is 0 Å². The lowest BCUT2D eigenvalue weighted by molar-refractivity contribution is -0.137. The zero-order chi connectivity index (χ0) is 13.1. The Hall–Kier alpha value is -0.570. The summed E-state index contributed by atoms with van der Waals surface area (Å²) in [5.41, 5.74) is -0.950. The van der Waals surface area contributed by atoms with Crippen LogP contribution in [0.5, 0.6) is 0 Å². The van der Waals surface area contributed by atoms with E-state index in [1.807, 2.05) is 20.8 Å². The quantitative estimate of drug-likeness (QED) is 0.759. The van der Waals surface area contributed by atoms with E-state index in [-0.39, 0.29) is 24.3 Å². The Morgan fingerprint density at radius 3 is 1.75 bits per heavy atom. The van der Waals surface area contributed by atoms with Gasteiger partial charge in [0.15, 0.2) is 0 Å². The third-order valence-corrected chi connectivity index (χ3v) is 3.74. The number of hydrogen-bond donors (Lipinski definition) is 2. The lowest BCUT2D eigenvalue weighted by Gasteiger charge is -2.39. The number of aliphatic hydroxyl groups is 1. The van der Waals surface area contributed by atoms with Gasteiger partial charge in [-0.05, 0) is 25.7 Å². The molecule has 0 saturated heterocycles. The Bertz CT molecular complexity index is 236. The Morgan fingerprint density at radius 2 is 1.50 bits per heavy atom. The lowest BCUT2D eigenvalue weighted by Crippen LogP contribution is -2.54. The molecule has 2 N–H and O–H groups in total. The van der Waals surface area contributed by atoms with Crippen molar-refractivity contribution < 1.29 is 9.90 Å². The van der Waals surface area contributed by atoms with Crippen molar-refractivity contribution in [3.63, 3.8) is 0 Å². The maximum absolute atomic E-state index is 12.3. The first-order valence-electron chi connectivity index (χ1n) is 6.01. The van der Waals surface area contributed by atoms with Crippen LogP contribution in [0.1, 0.15) is 48.5 Å². The molecule has 3 heteroatoms. The molecule has 0 rings (SSSR count). The van der Waals surface area contributed by atoms with Gasteiger partial charge in [0, 0.05) is 0 Å². The van der Waals surface area contributed by atoms with E-state index in [4.69, 9.17) is 0 Å². The number of hydrogen-bond acceptors (Lipinski definition) is 2. The van der Waals surface area contributed by atoms with Crippen molar-refractivity contribution in [1.29, 1.82) is 0 Å². The molecule has 0 aliphatic heterocycles. The summed E-state index contributed by atoms with van der Waals surface area (Å²) in [5.74, 6) is 0.556. The number of amides is 1. The van der Waals surface area contributed by atoms with Crippen LogP contribution in [0.25, 0.3) is 0 Å². The van der Waals surface area contributed by atoms with Gasteiger partial charge in [-0.3, -0.25) is 4.79 Å². The second-order valence-corrected chi connectivity index (χ2v) is 6.09. The molecule has 0 aliphatic carbocycles. The summed E-state index contributed by atoms with van der Waals surface area (Å²) in [5, 5.41) is 12.1. The maximum atomic E-state index is 12.3. The van der Waals surface area contributed by atoms with Crippen molar-refractivity contribution in [1.82, 2.24) is 5.32 Å². The summed E-state index contributed by atoms with van der Waals surface area (Å²) in [6.45, 7) is 13.8. The number of nitrogens with one attached hydrogen (secondary N) is 1. The van der Waals surface area contributed by atoms with Crippen LogP contribution < -0.4 is 5.32 Å². The average Bonchev–Trinajstić information content (AvgIpc) is 2.14. The maximum Gasteiger partial charge on any atom is 0.226 e. The van der Waals surface area contributed by atoms with Crippen LogP contribution in [0.2, 0.25) is 0 Å². The molecular formula is C13H27NO2. The topological polar surface area (TPSA) is 49.3 Å². The van der Waals surface area contributed by atoms with Crippen LogP contribution in [0, 0.1) is 17.3 Å². The standard InChI is InChI=1S/C13H27NO2/c1-9(2)13(7,10(3)4)11(16)14-12(5,6)8-15/h9-10,15H,8H2,1-7H3,(H,14,16). The van der Waals surface area contributed by atoms with Gasteiger partial charge in [-0.15, -0.1) is 0 Å². The van der Waals surface area contributed by atoms with Crippen LogP contribution in [0.3, 0.4) is 0 Å². The van der Waals surface area contributed by atoms with Crippen LogP contribution in [0.4, 0.5) is 0 Å². The highest BCUT2D eigenvalue weighted by Gasteiger charge is 2.41. The van der Waals surface area contributed by atoms with Crippen LogP contribution in [-0.2, 0) is 4.79 Å². The first-order chi connectivity index (χ1) is 7.08. The number of rotatable bonds is 5. The molecule has 96 valence electrons.